The van der Waals surface area contributed by atoms with Gasteiger partial charge in [0.15, 0.2) is 0 Å². The van der Waals surface area contributed by atoms with Crippen molar-refractivity contribution in [1.82, 2.24) is 0 Å². The van der Waals surface area contributed by atoms with Gasteiger partial charge in [0.2, 0.25) is 0 Å². The van der Waals surface area contributed by atoms with Crippen LogP contribution >= 0.6 is 0 Å². The fourth-order valence-electron chi connectivity index (χ4n) is 7.16. The topological polar surface area (TPSA) is 60.4 Å². The Balaban J connectivity index is 2.02. The zero-order valence-corrected chi connectivity index (χ0v) is 16.2. The van der Waals surface area contributed by atoms with E-state index in [1.807, 2.05) is 0 Å². The molecule has 0 N–H and O–H groups in total. The first kappa shape index (κ1) is 18.6. The summed E-state index contributed by atoms with van der Waals surface area (Å²) >= 11 is 0. The molecule has 0 aliphatic heterocycles. The minimum absolute atomic E-state index is 0.00951. The molecular weight excluding hydrogens is 316 g/mol. The number of methoxy groups -OCH3 is 1. The Bertz CT molecular complexity index is 593. The third kappa shape index (κ3) is 2.76. The Morgan fingerprint density at radius 1 is 1.12 bits per heavy atom. The standard InChI is InChI=1S/C21H32O4/c1-14(22)12-21-11-8-16-19(2,17(21)7-6-15(23)13-21)9-5-10-20(16,3)18(24)25-4/h16-17H,5-13H2,1-4H3/t16-,17?,19?,20?,21+/m0/s1. The number of hydrogen-bond donors (Lipinski definition) is 0. The molecule has 4 heteroatoms. The third-order valence-electron chi connectivity index (χ3n) is 7.96. The highest BCUT2D eigenvalue weighted by Gasteiger charge is 2.63. The van der Waals surface area contributed by atoms with Gasteiger partial charge in [-0.15, -0.1) is 0 Å². The van der Waals surface area contributed by atoms with Crippen LogP contribution in [-0.2, 0) is 19.1 Å². The summed E-state index contributed by atoms with van der Waals surface area (Å²) in [5.74, 6) is 1.04. The van der Waals surface area contributed by atoms with E-state index in [0.29, 0.717) is 31.0 Å². The van der Waals surface area contributed by atoms with E-state index in [1.54, 1.807) is 6.92 Å². The van der Waals surface area contributed by atoms with E-state index in [0.717, 1.165) is 38.5 Å². The predicted molar refractivity (Wildman–Crippen MR) is 94.9 cm³/mol. The second-order valence-electron chi connectivity index (χ2n) is 9.41. The van der Waals surface area contributed by atoms with Crippen LogP contribution in [0.25, 0.3) is 0 Å². The normalized spacial score (nSPS) is 43.8. The summed E-state index contributed by atoms with van der Waals surface area (Å²) < 4.78 is 5.18. The fraction of sp³-hybridized carbons (Fsp3) is 0.857. The first-order chi connectivity index (χ1) is 11.7. The molecule has 3 aliphatic rings. The summed E-state index contributed by atoms with van der Waals surface area (Å²) in [6.07, 6.45) is 7.34. The number of esters is 1. The van der Waals surface area contributed by atoms with Gasteiger partial charge in [0.05, 0.1) is 12.5 Å². The van der Waals surface area contributed by atoms with Crippen molar-refractivity contribution in [3.63, 3.8) is 0 Å². The lowest BCUT2D eigenvalue weighted by Crippen LogP contribution is -2.60. The number of fused-ring (bicyclic) bond motifs is 3. The zero-order valence-electron chi connectivity index (χ0n) is 16.2. The molecule has 140 valence electrons. The van der Waals surface area contributed by atoms with Gasteiger partial charge in [-0.25, -0.2) is 0 Å². The molecule has 0 bridgehead atoms. The van der Waals surface area contributed by atoms with E-state index in [1.165, 1.54) is 7.11 Å². The average molecular weight is 348 g/mol. The molecule has 0 aromatic carbocycles. The van der Waals surface area contributed by atoms with Crippen molar-refractivity contribution in [2.45, 2.75) is 78.6 Å². The molecule has 0 radical (unpaired) electrons. The molecule has 0 heterocycles. The number of ether oxygens (including phenoxy) is 1. The molecule has 4 nitrogen and oxygen atoms in total. The van der Waals surface area contributed by atoms with Crippen LogP contribution in [0, 0.1) is 28.1 Å². The maximum atomic E-state index is 12.6. The van der Waals surface area contributed by atoms with Gasteiger partial charge in [0, 0.05) is 19.3 Å². The average Bonchev–Trinajstić information content (AvgIpc) is 2.52. The van der Waals surface area contributed by atoms with Crippen molar-refractivity contribution >= 4 is 17.5 Å². The van der Waals surface area contributed by atoms with Crippen LogP contribution < -0.4 is 0 Å². The van der Waals surface area contributed by atoms with Crippen LogP contribution in [0.1, 0.15) is 78.6 Å². The Labute approximate surface area is 151 Å². The quantitative estimate of drug-likeness (QED) is 0.720. The van der Waals surface area contributed by atoms with Crippen molar-refractivity contribution in [2.24, 2.45) is 28.1 Å². The van der Waals surface area contributed by atoms with E-state index < -0.39 is 5.41 Å². The predicted octanol–water partition coefficient (Wildman–Crippen LogP) is 4.10. The number of hydrogen-bond acceptors (Lipinski definition) is 4. The van der Waals surface area contributed by atoms with Crippen molar-refractivity contribution in [3.8, 4) is 0 Å². The number of ketones is 2. The first-order valence-corrected chi connectivity index (χ1v) is 9.77. The first-order valence-electron chi connectivity index (χ1n) is 9.77. The van der Waals surface area contributed by atoms with Crippen LogP contribution in [0.4, 0.5) is 0 Å². The van der Waals surface area contributed by atoms with Gasteiger partial charge in [-0.1, -0.05) is 13.3 Å². The molecule has 0 aromatic rings. The monoisotopic (exact) mass is 348 g/mol. The van der Waals surface area contributed by atoms with Gasteiger partial charge in [0.25, 0.3) is 0 Å². The molecule has 5 atom stereocenters. The van der Waals surface area contributed by atoms with Crippen molar-refractivity contribution < 1.29 is 19.1 Å². The molecule has 3 rings (SSSR count). The second-order valence-corrected chi connectivity index (χ2v) is 9.41. The summed E-state index contributed by atoms with van der Waals surface area (Å²) in [4.78, 5) is 36.9. The molecule has 0 aromatic heterocycles. The van der Waals surface area contributed by atoms with E-state index in [4.69, 9.17) is 4.74 Å². The maximum Gasteiger partial charge on any atom is 0.311 e. The van der Waals surface area contributed by atoms with E-state index in [9.17, 15) is 14.4 Å². The van der Waals surface area contributed by atoms with Crippen LogP contribution in [0.3, 0.4) is 0 Å². The van der Waals surface area contributed by atoms with Gasteiger partial charge < -0.3 is 9.53 Å². The van der Waals surface area contributed by atoms with Crippen LogP contribution in [-0.4, -0.2) is 24.6 Å². The van der Waals surface area contributed by atoms with Gasteiger partial charge >= 0.3 is 5.97 Å². The lowest BCUT2D eigenvalue weighted by Gasteiger charge is -2.64. The summed E-state index contributed by atoms with van der Waals surface area (Å²) in [6.45, 7) is 6.05. The SMILES string of the molecule is COC(=O)C1(C)CCCC2(C)C3CCC(=O)C[C@]3(CC(C)=O)CC[C@H]12. The highest BCUT2D eigenvalue weighted by atomic mass is 16.5. The Morgan fingerprint density at radius 2 is 1.84 bits per heavy atom. The molecule has 25 heavy (non-hydrogen) atoms. The third-order valence-corrected chi connectivity index (χ3v) is 7.96. The van der Waals surface area contributed by atoms with Gasteiger partial charge in [-0.2, -0.15) is 0 Å². The smallest absolute Gasteiger partial charge is 0.311 e. The molecular formula is C21H32O4. The fourth-order valence-corrected chi connectivity index (χ4v) is 7.16. The van der Waals surface area contributed by atoms with Crippen molar-refractivity contribution in [2.75, 3.05) is 7.11 Å². The lowest BCUT2D eigenvalue weighted by atomic mass is 9.40. The van der Waals surface area contributed by atoms with Crippen LogP contribution in [0.2, 0.25) is 0 Å². The highest BCUT2D eigenvalue weighted by Crippen LogP contribution is 2.68. The van der Waals surface area contributed by atoms with Gasteiger partial charge in [-0.3, -0.25) is 9.59 Å². The molecule has 3 fully saturated rings. The number of rotatable bonds is 3. The molecule has 0 amide bonds. The van der Waals surface area contributed by atoms with Crippen LogP contribution in [0.5, 0.6) is 0 Å². The minimum Gasteiger partial charge on any atom is -0.469 e. The Morgan fingerprint density at radius 3 is 2.48 bits per heavy atom. The Kier molecular flexibility index (Phi) is 4.62. The summed E-state index contributed by atoms with van der Waals surface area (Å²) in [5, 5.41) is 0. The number of carbonyl (C=O) groups excluding carboxylic acids is 3. The molecule has 3 saturated carbocycles. The van der Waals surface area contributed by atoms with E-state index in [2.05, 4.69) is 13.8 Å². The Hall–Kier alpha value is -1.19. The van der Waals surface area contributed by atoms with E-state index in [-0.39, 0.29) is 28.5 Å². The van der Waals surface area contributed by atoms with Gasteiger partial charge in [-0.05, 0) is 68.6 Å². The zero-order chi connectivity index (χ0) is 18.5. The molecule has 3 unspecified atom stereocenters. The summed E-state index contributed by atoms with van der Waals surface area (Å²) in [7, 11) is 1.49. The van der Waals surface area contributed by atoms with Crippen molar-refractivity contribution in [3.05, 3.63) is 0 Å². The summed E-state index contributed by atoms with van der Waals surface area (Å²) in [5.41, 5.74) is -0.609. The maximum absolute atomic E-state index is 12.6. The molecule has 3 aliphatic carbocycles. The van der Waals surface area contributed by atoms with Gasteiger partial charge in [0.1, 0.15) is 11.6 Å². The number of Topliss-reactive ketones (excluding diaryl/α,β-unsaturated/α-hetero) is 2. The molecule has 0 saturated heterocycles. The van der Waals surface area contributed by atoms with E-state index >= 15 is 0 Å². The largest absolute Gasteiger partial charge is 0.469 e. The minimum atomic E-state index is -0.439. The number of carbonyl (C=O) groups is 3. The summed E-state index contributed by atoms with van der Waals surface area (Å²) in [6, 6.07) is 0. The molecule has 0 spiro atoms. The highest BCUT2D eigenvalue weighted by molar-refractivity contribution is 5.83. The van der Waals surface area contributed by atoms with Crippen LogP contribution in [0.15, 0.2) is 0 Å². The lowest BCUT2D eigenvalue weighted by molar-refractivity contribution is -0.187. The second kappa shape index (κ2) is 6.21. The van der Waals surface area contributed by atoms with Crippen molar-refractivity contribution in [1.29, 1.82) is 0 Å².